The first-order valence-electron chi connectivity index (χ1n) is 7.62. The van der Waals surface area contributed by atoms with Crippen LogP contribution in [0.1, 0.15) is 26.2 Å². The molecule has 124 valence electrons. The van der Waals surface area contributed by atoms with Crippen LogP contribution in [0.2, 0.25) is 0 Å². The summed E-state index contributed by atoms with van der Waals surface area (Å²) in [5.41, 5.74) is 1.07. The highest BCUT2D eigenvalue weighted by molar-refractivity contribution is 5.85. The number of unbranched alkanes of at least 4 members (excludes halogenated alkanes) is 1. The molecule has 0 aliphatic heterocycles. The highest BCUT2D eigenvalue weighted by Gasteiger charge is 2.20. The van der Waals surface area contributed by atoms with Gasteiger partial charge in [-0.1, -0.05) is 31.9 Å². The number of hydrogen-bond donors (Lipinski definition) is 2. The minimum absolute atomic E-state index is 0.198. The van der Waals surface area contributed by atoms with E-state index in [0.29, 0.717) is 18.4 Å². The maximum Gasteiger partial charge on any atom is 0.329 e. The van der Waals surface area contributed by atoms with Crippen molar-refractivity contribution in [2.24, 2.45) is 7.05 Å². The molecule has 1 aromatic carbocycles. The Balaban J connectivity index is 2.19. The van der Waals surface area contributed by atoms with Crippen molar-refractivity contribution in [3.8, 4) is 0 Å². The van der Waals surface area contributed by atoms with Crippen molar-refractivity contribution in [2.75, 3.05) is 0 Å². The molecule has 0 unspecified atom stereocenters. The molecule has 0 saturated heterocycles. The van der Waals surface area contributed by atoms with Gasteiger partial charge in [0.2, 0.25) is 5.91 Å². The number of aliphatic carboxylic acids is 1. The molecular formula is C16H21N3O4. The number of fused-ring (bicyclic) bond motifs is 1. The van der Waals surface area contributed by atoms with Crippen LogP contribution in [-0.2, 0) is 23.2 Å². The van der Waals surface area contributed by atoms with E-state index in [1.807, 2.05) is 13.0 Å². The Morgan fingerprint density at radius 3 is 2.52 bits per heavy atom. The van der Waals surface area contributed by atoms with Gasteiger partial charge in [-0.25, -0.2) is 9.59 Å². The van der Waals surface area contributed by atoms with Gasteiger partial charge in [0.1, 0.15) is 12.6 Å². The van der Waals surface area contributed by atoms with Crippen molar-refractivity contribution in [2.45, 2.75) is 38.8 Å². The fourth-order valence-corrected chi connectivity index (χ4v) is 2.57. The smallest absolute Gasteiger partial charge is 0.329 e. The Bertz CT molecular complexity index is 775. The first-order chi connectivity index (χ1) is 11.0. The van der Waals surface area contributed by atoms with E-state index >= 15 is 0 Å². The number of carboxylic acid groups (broad SMARTS) is 1. The van der Waals surface area contributed by atoms with Crippen molar-refractivity contribution >= 4 is 22.9 Å². The van der Waals surface area contributed by atoms with Crippen LogP contribution in [0.25, 0.3) is 11.0 Å². The molecule has 1 aromatic heterocycles. The summed E-state index contributed by atoms with van der Waals surface area (Å²) in [5.74, 6) is -1.54. The third-order valence-electron chi connectivity index (χ3n) is 3.83. The fourth-order valence-electron chi connectivity index (χ4n) is 2.57. The van der Waals surface area contributed by atoms with E-state index in [9.17, 15) is 14.4 Å². The molecule has 23 heavy (non-hydrogen) atoms. The number of hydrogen-bond acceptors (Lipinski definition) is 3. The van der Waals surface area contributed by atoms with Gasteiger partial charge in [-0.05, 0) is 18.6 Å². The maximum atomic E-state index is 12.2. The lowest BCUT2D eigenvalue weighted by Gasteiger charge is -2.14. The number of aryl methyl sites for hydroxylation is 1. The van der Waals surface area contributed by atoms with Crippen LogP contribution in [0, 0.1) is 0 Å². The van der Waals surface area contributed by atoms with Gasteiger partial charge >= 0.3 is 11.7 Å². The van der Waals surface area contributed by atoms with Gasteiger partial charge in [0.05, 0.1) is 11.0 Å². The molecule has 0 radical (unpaired) electrons. The number of amides is 1. The van der Waals surface area contributed by atoms with Gasteiger partial charge in [-0.2, -0.15) is 0 Å². The quantitative estimate of drug-likeness (QED) is 0.799. The van der Waals surface area contributed by atoms with Crippen molar-refractivity contribution in [1.29, 1.82) is 0 Å². The van der Waals surface area contributed by atoms with Crippen LogP contribution in [0.3, 0.4) is 0 Å². The summed E-state index contributed by atoms with van der Waals surface area (Å²) in [6.07, 6.45) is 1.94. The lowest BCUT2D eigenvalue weighted by molar-refractivity contribution is -0.142. The Hall–Kier alpha value is -2.57. The molecule has 0 spiro atoms. The third kappa shape index (κ3) is 3.61. The lowest BCUT2D eigenvalue weighted by Crippen LogP contribution is -2.43. The van der Waals surface area contributed by atoms with E-state index in [-0.39, 0.29) is 12.2 Å². The lowest BCUT2D eigenvalue weighted by atomic mass is 10.1. The number of para-hydroxylation sites is 2. The van der Waals surface area contributed by atoms with Crippen molar-refractivity contribution in [3.63, 3.8) is 0 Å². The molecule has 0 aliphatic carbocycles. The number of benzene rings is 1. The van der Waals surface area contributed by atoms with Gasteiger partial charge in [0, 0.05) is 7.05 Å². The Kier molecular flexibility index (Phi) is 5.20. The second-order valence-corrected chi connectivity index (χ2v) is 5.52. The number of carbonyl (C=O) groups is 2. The van der Waals surface area contributed by atoms with E-state index < -0.39 is 17.9 Å². The highest BCUT2D eigenvalue weighted by Crippen LogP contribution is 2.11. The molecule has 2 aromatic rings. The summed E-state index contributed by atoms with van der Waals surface area (Å²) in [5, 5.41) is 11.7. The average molecular weight is 319 g/mol. The van der Waals surface area contributed by atoms with Crippen LogP contribution >= 0.6 is 0 Å². The normalized spacial score (nSPS) is 12.3. The zero-order valence-electron chi connectivity index (χ0n) is 13.3. The second kappa shape index (κ2) is 7.13. The molecule has 0 aliphatic rings. The van der Waals surface area contributed by atoms with E-state index in [0.717, 1.165) is 11.9 Å². The standard InChI is InChI=1S/C16H21N3O4/c1-3-4-7-11(15(21)22)17-14(20)10-19-13-9-6-5-8-12(13)18(2)16(19)23/h5-6,8-9,11H,3-4,7,10H2,1-2H3,(H,17,20)(H,21,22)/t11-/m0/s1. The number of carbonyl (C=O) groups excluding carboxylic acids is 1. The Labute approximate surface area is 133 Å². The van der Waals surface area contributed by atoms with Crippen molar-refractivity contribution in [1.82, 2.24) is 14.5 Å². The molecule has 0 bridgehead atoms. The van der Waals surface area contributed by atoms with Crippen LogP contribution in [0.15, 0.2) is 29.1 Å². The molecule has 1 atom stereocenters. The maximum absolute atomic E-state index is 12.2. The van der Waals surface area contributed by atoms with E-state index in [2.05, 4.69) is 5.32 Å². The van der Waals surface area contributed by atoms with Gasteiger partial charge < -0.3 is 10.4 Å². The van der Waals surface area contributed by atoms with Crippen LogP contribution in [0.4, 0.5) is 0 Å². The van der Waals surface area contributed by atoms with Gasteiger partial charge in [0.25, 0.3) is 0 Å². The summed E-state index contributed by atoms with van der Waals surface area (Å²) in [6, 6.07) is 6.24. The summed E-state index contributed by atoms with van der Waals surface area (Å²) in [4.78, 5) is 35.6. The zero-order chi connectivity index (χ0) is 17.0. The third-order valence-corrected chi connectivity index (χ3v) is 3.83. The molecule has 0 fully saturated rings. The predicted octanol–water partition coefficient (Wildman–Crippen LogP) is 1.10. The largest absolute Gasteiger partial charge is 0.480 e. The molecule has 1 heterocycles. The van der Waals surface area contributed by atoms with E-state index in [1.54, 1.807) is 25.2 Å². The van der Waals surface area contributed by atoms with Gasteiger partial charge in [-0.15, -0.1) is 0 Å². The number of carboxylic acids is 1. The monoisotopic (exact) mass is 319 g/mol. The molecule has 7 heteroatoms. The number of rotatable bonds is 7. The highest BCUT2D eigenvalue weighted by atomic mass is 16.4. The van der Waals surface area contributed by atoms with Crippen molar-refractivity contribution in [3.05, 3.63) is 34.7 Å². The topological polar surface area (TPSA) is 93.3 Å². The van der Waals surface area contributed by atoms with Crippen molar-refractivity contribution < 1.29 is 14.7 Å². The van der Waals surface area contributed by atoms with Crippen LogP contribution < -0.4 is 11.0 Å². The number of aromatic nitrogens is 2. The molecule has 2 N–H and O–H groups in total. The molecule has 1 amide bonds. The molecule has 7 nitrogen and oxygen atoms in total. The summed E-state index contributed by atoms with van der Waals surface area (Å²) >= 11 is 0. The van der Waals surface area contributed by atoms with E-state index in [1.165, 1.54) is 9.13 Å². The Morgan fingerprint density at radius 1 is 1.26 bits per heavy atom. The van der Waals surface area contributed by atoms with Gasteiger partial charge in [-0.3, -0.25) is 13.9 Å². The number of nitrogens with zero attached hydrogens (tertiary/aromatic N) is 2. The second-order valence-electron chi connectivity index (χ2n) is 5.52. The van der Waals surface area contributed by atoms with Crippen LogP contribution in [-0.4, -0.2) is 32.2 Å². The van der Waals surface area contributed by atoms with E-state index in [4.69, 9.17) is 5.11 Å². The molecule has 2 rings (SSSR count). The summed E-state index contributed by atoms with van der Waals surface area (Å²) < 4.78 is 2.82. The minimum Gasteiger partial charge on any atom is -0.480 e. The SMILES string of the molecule is CCCC[C@H](NC(=O)Cn1c(=O)n(C)c2ccccc21)C(=O)O. The molecular weight excluding hydrogens is 298 g/mol. The Morgan fingerprint density at radius 2 is 1.91 bits per heavy atom. The first kappa shape index (κ1) is 16.8. The predicted molar refractivity (Wildman–Crippen MR) is 86.3 cm³/mol. The van der Waals surface area contributed by atoms with Crippen LogP contribution in [0.5, 0.6) is 0 Å². The molecule has 0 saturated carbocycles. The fraction of sp³-hybridized carbons (Fsp3) is 0.438. The summed E-state index contributed by atoms with van der Waals surface area (Å²) in [7, 11) is 1.64. The zero-order valence-corrected chi connectivity index (χ0v) is 13.3. The first-order valence-corrected chi connectivity index (χ1v) is 7.62. The number of imidazole rings is 1. The number of nitrogens with one attached hydrogen (secondary N) is 1. The average Bonchev–Trinajstić information content (AvgIpc) is 2.76. The van der Waals surface area contributed by atoms with Gasteiger partial charge in [0.15, 0.2) is 0 Å². The summed E-state index contributed by atoms with van der Waals surface area (Å²) in [6.45, 7) is 1.76. The minimum atomic E-state index is -1.06.